The van der Waals surface area contributed by atoms with E-state index in [1.807, 2.05) is 6.07 Å². The highest BCUT2D eigenvalue weighted by Gasteiger charge is 2.24. The first kappa shape index (κ1) is 16.3. The van der Waals surface area contributed by atoms with Gasteiger partial charge in [0.1, 0.15) is 0 Å². The lowest BCUT2D eigenvalue weighted by Crippen LogP contribution is -2.11. The van der Waals surface area contributed by atoms with Crippen molar-refractivity contribution >= 4 is 34.8 Å². The van der Waals surface area contributed by atoms with Gasteiger partial charge in [0.2, 0.25) is 0 Å². The number of nitrogens with zero attached hydrogens (tertiary/aromatic N) is 2. The summed E-state index contributed by atoms with van der Waals surface area (Å²) in [6, 6.07) is 13.6. The average Bonchev–Trinajstić information content (AvgIpc) is 3.30. The number of carbonyl (C=O) groups excluding carboxylic acids is 2. The molecule has 0 saturated heterocycles. The van der Waals surface area contributed by atoms with Crippen LogP contribution in [0, 0.1) is 11.3 Å². The summed E-state index contributed by atoms with van der Waals surface area (Å²) in [5.41, 5.74) is 4.08. The van der Waals surface area contributed by atoms with Crippen molar-refractivity contribution in [1.29, 1.82) is 5.26 Å². The SMILES string of the molecule is N#Cc1ccc(C(=O)Nc2ccc3c(c2)C(=Cc2cnc[nH]2)C(=O)N3)cc1. The van der Waals surface area contributed by atoms with Crippen LogP contribution in [-0.4, -0.2) is 21.8 Å². The molecule has 0 radical (unpaired) electrons. The normalized spacial score (nSPS) is 13.7. The van der Waals surface area contributed by atoms with Gasteiger partial charge in [-0.2, -0.15) is 5.26 Å². The van der Waals surface area contributed by atoms with Crippen LogP contribution < -0.4 is 10.6 Å². The molecule has 0 bridgehead atoms. The van der Waals surface area contributed by atoms with Crippen molar-refractivity contribution in [2.75, 3.05) is 10.6 Å². The Hall–Kier alpha value is -4.18. The van der Waals surface area contributed by atoms with Gasteiger partial charge in [-0.25, -0.2) is 4.98 Å². The van der Waals surface area contributed by atoms with Gasteiger partial charge in [0.15, 0.2) is 0 Å². The Morgan fingerprint density at radius 3 is 2.70 bits per heavy atom. The van der Waals surface area contributed by atoms with Gasteiger partial charge >= 0.3 is 0 Å². The summed E-state index contributed by atoms with van der Waals surface area (Å²) in [5, 5.41) is 14.4. The molecule has 0 unspecified atom stereocenters. The lowest BCUT2D eigenvalue weighted by molar-refractivity contribution is -0.110. The van der Waals surface area contributed by atoms with Crippen molar-refractivity contribution in [3.63, 3.8) is 0 Å². The average molecular weight is 355 g/mol. The molecule has 7 heteroatoms. The standard InChI is InChI=1S/C20H13N5O2/c21-9-12-1-3-13(4-2-12)19(26)24-14-5-6-18-16(7-14)17(20(27)25-18)8-15-10-22-11-23-15/h1-8,10-11H,(H,22,23)(H,24,26)(H,25,27). The van der Waals surface area contributed by atoms with Crippen LogP contribution in [0.4, 0.5) is 11.4 Å². The first-order chi connectivity index (χ1) is 13.1. The highest BCUT2D eigenvalue weighted by atomic mass is 16.2. The molecule has 27 heavy (non-hydrogen) atoms. The number of hydrogen-bond acceptors (Lipinski definition) is 4. The second-order valence-electron chi connectivity index (χ2n) is 5.92. The van der Waals surface area contributed by atoms with Gasteiger partial charge < -0.3 is 15.6 Å². The molecular formula is C20H13N5O2. The van der Waals surface area contributed by atoms with Crippen LogP contribution in [0.15, 0.2) is 55.0 Å². The number of aromatic amines is 1. The molecule has 3 aromatic rings. The summed E-state index contributed by atoms with van der Waals surface area (Å²) in [6.45, 7) is 0. The predicted octanol–water partition coefficient (Wildman–Crippen LogP) is 3.03. The van der Waals surface area contributed by atoms with Crippen molar-refractivity contribution in [3.05, 3.63) is 77.4 Å². The summed E-state index contributed by atoms with van der Waals surface area (Å²) in [5.74, 6) is -0.508. The van der Waals surface area contributed by atoms with Gasteiger partial charge in [0.25, 0.3) is 11.8 Å². The van der Waals surface area contributed by atoms with Crippen LogP contribution in [0.25, 0.3) is 11.6 Å². The molecule has 0 saturated carbocycles. The van der Waals surface area contributed by atoms with E-state index in [0.29, 0.717) is 39.3 Å². The number of anilines is 2. The van der Waals surface area contributed by atoms with Crippen molar-refractivity contribution < 1.29 is 9.59 Å². The first-order valence-electron chi connectivity index (χ1n) is 8.11. The number of imidazole rings is 1. The molecule has 2 amide bonds. The van der Waals surface area contributed by atoms with Crippen LogP contribution in [0.1, 0.15) is 27.2 Å². The molecule has 0 fully saturated rings. The monoisotopic (exact) mass is 355 g/mol. The Balaban J connectivity index is 1.61. The Morgan fingerprint density at radius 2 is 2.00 bits per heavy atom. The zero-order chi connectivity index (χ0) is 18.8. The van der Waals surface area contributed by atoms with E-state index >= 15 is 0 Å². The highest BCUT2D eigenvalue weighted by Crippen LogP contribution is 2.35. The zero-order valence-electron chi connectivity index (χ0n) is 14.0. The minimum absolute atomic E-state index is 0.213. The minimum atomic E-state index is -0.296. The van der Waals surface area contributed by atoms with E-state index in [9.17, 15) is 9.59 Å². The third-order valence-electron chi connectivity index (χ3n) is 4.16. The Morgan fingerprint density at radius 1 is 1.19 bits per heavy atom. The van der Waals surface area contributed by atoms with E-state index in [-0.39, 0.29) is 11.8 Å². The van der Waals surface area contributed by atoms with Crippen LogP contribution in [0.2, 0.25) is 0 Å². The van der Waals surface area contributed by atoms with Crippen molar-refractivity contribution in [3.8, 4) is 6.07 Å². The van der Waals surface area contributed by atoms with E-state index in [1.165, 1.54) is 6.33 Å². The third-order valence-corrected chi connectivity index (χ3v) is 4.16. The fourth-order valence-corrected chi connectivity index (χ4v) is 2.81. The zero-order valence-corrected chi connectivity index (χ0v) is 14.0. The Labute approximate surface area is 154 Å². The van der Waals surface area contributed by atoms with E-state index in [2.05, 4.69) is 20.6 Å². The topological polar surface area (TPSA) is 111 Å². The summed E-state index contributed by atoms with van der Waals surface area (Å²) >= 11 is 0. The van der Waals surface area contributed by atoms with Gasteiger partial charge in [-0.3, -0.25) is 9.59 Å². The second kappa shape index (κ2) is 6.61. The lowest BCUT2D eigenvalue weighted by Gasteiger charge is -2.07. The molecule has 0 aliphatic carbocycles. The largest absolute Gasteiger partial charge is 0.345 e. The molecule has 3 N–H and O–H groups in total. The number of nitrogens with one attached hydrogen (secondary N) is 3. The van der Waals surface area contributed by atoms with E-state index in [1.54, 1.807) is 54.7 Å². The van der Waals surface area contributed by atoms with E-state index in [4.69, 9.17) is 5.26 Å². The molecular weight excluding hydrogens is 342 g/mol. The van der Waals surface area contributed by atoms with Gasteiger partial charge in [-0.05, 0) is 48.5 Å². The molecule has 130 valence electrons. The van der Waals surface area contributed by atoms with Crippen molar-refractivity contribution in [2.45, 2.75) is 0 Å². The molecule has 1 aliphatic rings. The summed E-state index contributed by atoms with van der Waals surface area (Å²) in [6.07, 6.45) is 4.86. The maximum absolute atomic E-state index is 12.4. The fraction of sp³-hybridized carbons (Fsp3) is 0. The molecule has 1 aliphatic heterocycles. The van der Waals surface area contributed by atoms with Crippen molar-refractivity contribution in [2.24, 2.45) is 0 Å². The van der Waals surface area contributed by atoms with Crippen molar-refractivity contribution in [1.82, 2.24) is 9.97 Å². The summed E-state index contributed by atoms with van der Waals surface area (Å²) in [7, 11) is 0. The number of nitriles is 1. The summed E-state index contributed by atoms with van der Waals surface area (Å²) < 4.78 is 0. The maximum atomic E-state index is 12.4. The second-order valence-corrected chi connectivity index (χ2v) is 5.92. The van der Waals surface area contributed by atoms with Gasteiger partial charge in [-0.15, -0.1) is 0 Å². The Bertz CT molecular complexity index is 1110. The number of benzene rings is 2. The van der Waals surface area contributed by atoms with Crippen LogP contribution >= 0.6 is 0 Å². The highest BCUT2D eigenvalue weighted by molar-refractivity contribution is 6.35. The fourth-order valence-electron chi connectivity index (χ4n) is 2.81. The number of amides is 2. The minimum Gasteiger partial charge on any atom is -0.345 e. The molecule has 0 atom stereocenters. The van der Waals surface area contributed by atoms with Crippen LogP contribution in [0.5, 0.6) is 0 Å². The lowest BCUT2D eigenvalue weighted by atomic mass is 10.0. The number of aromatic nitrogens is 2. The molecule has 2 aromatic carbocycles. The van der Waals surface area contributed by atoms with Gasteiger partial charge in [0, 0.05) is 22.5 Å². The molecule has 2 heterocycles. The number of carbonyl (C=O) groups is 2. The molecule has 0 spiro atoms. The summed E-state index contributed by atoms with van der Waals surface area (Å²) in [4.78, 5) is 31.5. The number of rotatable bonds is 3. The van der Waals surface area contributed by atoms with E-state index in [0.717, 1.165) is 0 Å². The quantitative estimate of drug-likeness (QED) is 0.627. The predicted molar refractivity (Wildman–Crippen MR) is 101 cm³/mol. The smallest absolute Gasteiger partial charge is 0.256 e. The van der Waals surface area contributed by atoms with Crippen LogP contribution in [0.3, 0.4) is 0 Å². The first-order valence-corrected chi connectivity index (χ1v) is 8.11. The molecule has 7 nitrogen and oxygen atoms in total. The maximum Gasteiger partial charge on any atom is 0.256 e. The molecule has 1 aromatic heterocycles. The van der Waals surface area contributed by atoms with Gasteiger partial charge in [0.05, 0.1) is 35.4 Å². The number of fused-ring (bicyclic) bond motifs is 1. The Kier molecular flexibility index (Phi) is 3.99. The number of H-pyrrole nitrogens is 1. The van der Waals surface area contributed by atoms with Gasteiger partial charge in [-0.1, -0.05) is 0 Å². The molecule has 4 rings (SSSR count). The van der Waals surface area contributed by atoms with E-state index < -0.39 is 0 Å². The van der Waals surface area contributed by atoms with Crippen LogP contribution in [-0.2, 0) is 4.79 Å². The number of hydrogen-bond donors (Lipinski definition) is 3. The third kappa shape index (κ3) is 3.19.